The van der Waals surface area contributed by atoms with Crippen LogP contribution in [0.25, 0.3) is 0 Å². The van der Waals surface area contributed by atoms with Gasteiger partial charge in [-0.15, -0.1) is 0 Å². The van der Waals surface area contributed by atoms with Gasteiger partial charge < -0.3 is 10.2 Å². The number of rotatable bonds is 3. The lowest BCUT2D eigenvalue weighted by atomic mass is 9.98. The fraction of sp³-hybridized carbons (Fsp3) is 0.647. The molecule has 2 aliphatic heterocycles. The Morgan fingerprint density at radius 2 is 2.08 bits per heavy atom. The van der Waals surface area contributed by atoms with Gasteiger partial charge in [-0.2, -0.15) is 5.10 Å². The van der Waals surface area contributed by atoms with Gasteiger partial charge in [0.25, 0.3) is 5.91 Å². The minimum atomic E-state index is -0.759. The highest BCUT2D eigenvalue weighted by Gasteiger charge is 2.53. The lowest BCUT2D eigenvalue weighted by molar-refractivity contribution is -0.139. The Labute approximate surface area is 146 Å². The van der Waals surface area contributed by atoms with E-state index in [2.05, 4.69) is 10.4 Å². The first-order valence-electron chi connectivity index (χ1n) is 8.92. The van der Waals surface area contributed by atoms with Crippen LogP contribution >= 0.6 is 0 Å². The first-order chi connectivity index (χ1) is 12.0. The fourth-order valence-corrected chi connectivity index (χ4v) is 4.39. The second-order valence-electron chi connectivity index (χ2n) is 7.30. The van der Waals surface area contributed by atoms with Crippen molar-refractivity contribution in [1.82, 2.24) is 24.9 Å². The number of carbonyl (C=O) groups excluding carboxylic acids is 3. The molecule has 8 nitrogen and oxygen atoms in total. The average Bonchev–Trinajstić information content (AvgIpc) is 3.33. The van der Waals surface area contributed by atoms with E-state index < -0.39 is 11.6 Å². The Bertz CT molecular complexity index is 722. The first kappa shape index (κ1) is 16.1. The van der Waals surface area contributed by atoms with E-state index in [0.29, 0.717) is 19.4 Å². The van der Waals surface area contributed by atoms with Gasteiger partial charge in [0, 0.05) is 25.4 Å². The quantitative estimate of drug-likeness (QED) is 0.826. The summed E-state index contributed by atoms with van der Waals surface area (Å²) in [4.78, 5) is 40.7. The molecule has 0 radical (unpaired) electrons. The number of nitrogens with one attached hydrogen (secondary N) is 1. The van der Waals surface area contributed by atoms with Crippen LogP contribution < -0.4 is 5.32 Å². The van der Waals surface area contributed by atoms with Gasteiger partial charge in [0.15, 0.2) is 0 Å². The normalized spacial score (nSPS) is 25.2. The molecule has 0 aromatic carbocycles. The third-order valence-electron chi connectivity index (χ3n) is 5.68. The molecule has 25 heavy (non-hydrogen) atoms. The number of urea groups is 1. The van der Waals surface area contributed by atoms with Crippen LogP contribution in [-0.4, -0.2) is 56.1 Å². The number of likely N-dealkylation sites (tertiary alicyclic amines) is 1. The second kappa shape index (κ2) is 5.86. The summed E-state index contributed by atoms with van der Waals surface area (Å²) in [5.74, 6) is -0.412. The number of amides is 4. The van der Waals surface area contributed by atoms with Gasteiger partial charge >= 0.3 is 6.03 Å². The van der Waals surface area contributed by atoms with Crippen LogP contribution in [0.15, 0.2) is 12.4 Å². The highest BCUT2D eigenvalue weighted by atomic mass is 16.2. The molecule has 1 saturated carbocycles. The molecule has 1 N–H and O–H groups in total. The molecule has 3 aliphatic rings. The number of nitrogens with zero attached hydrogens (tertiary/aromatic N) is 4. The van der Waals surface area contributed by atoms with Crippen molar-refractivity contribution in [3.05, 3.63) is 18.0 Å². The lowest BCUT2D eigenvalue weighted by Crippen LogP contribution is -2.46. The first-order valence-corrected chi connectivity index (χ1v) is 8.92. The number of hydrogen-bond donors (Lipinski definition) is 1. The fourth-order valence-electron chi connectivity index (χ4n) is 4.39. The van der Waals surface area contributed by atoms with Gasteiger partial charge in [-0.1, -0.05) is 12.8 Å². The minimum absolute atomic E-state index is 0.0255. The molecule has 4 rings (SSSR count). The van der Waals surface area contributed by atoms with Gasteiger partial charge in [-0.05, 0) is 25.7 Å². The molecule has 1 atom stereocenters. The maximum Gasteiger partial charge on any atom is 0.325 e. The monoisotopic (exact) mass is 345 g/mol. The smallest absolute Gasteiger partial charge is 0.325 e. The molecule has 1 aliphatic carbocycles. The van der Waals surface area contributed by atoms with E-state index in [4.69, 9.17) is 0 Å². The van der Waals surface area contributed by atoms with E-state index in [1.807, 2.05) is 13.2 Å². The van der Waals surface area contributed by atoms with Gasteiger partial charge in [0.2, 0.25) is 5.91 Å². The largest absolute Gasteiger partial charge is 0.334 e. The molecule has 3 heterocycles. The van der Waals surface area contributed by atoms with Gasteiger partial charge in [0.1, 0.15) is 12.1 Å². The number of aryl methyl sites for hydroxylation is 1. The molecule has 0 bridgehead atoms. The van der Waals surface area contributed by atoms with Crippen molar-refractivity contribution >= 4 is 17.8 Å². The predicted octanol–water partition coefficient (Wildman–Crippen LogP) is 0.948. The van der Waals surface area contributed by atoms with Crippen LogP contribution in [-0.2, 0) is 16.6 Å². The molecule has 1 unspecified atom stereocenters. The second-order valence-corrected chi connectivity index (χ2v) is 7.30. The molecule has 1 aromatic heterocycles. The SMILES string of the molecule is Cn1cc(C2CCCN2C(=O)CN2C(=O)NC3(CCCC3)C2=O)cn1. The summed E-state index contributed by atoms with van der Waals surface area (Å²) in [6, 6.07) is -0.459. The van der Waals surface area contributed by atoms with Gasteiger partial charge in [-0.25, -0.2) is 4.79 Å². The maximum atomic E-state index is 12.8. The van der Waals surface area contributed by atoms with E-state index in [-0.39, 0.29) is 24.4 Å². The zero-order chi connectivity index (χ0) is 17.6. The van der Waals surface area contributed by atoms with Crippen molar-refractivity contribution in [2.24, 2.45) is 7.05 Å². The molecular formula is C17H23N5O3. The summed E-state index contributed by atoms with van der Waals surface area (Å²) in [7, 11) is 1.85. The van der Waals surface area contributed by atoms with Crippen molar-refractivity contribution < 1.29 is 14.4 Å². The molecule has 2 saturated heterocycles. The van der Waals surface area contributed by atoms with Crippen molar-refractivity contribution in [2.75, 3.05) is 13.1 Å². The highest BCUT2D eigenvalue weighted by Crippen LogP contribution is 2.36. The Kier molecular flexibility index (Phi) is 3.77. The molecular weight excluding hydrogens is 322 g/mol. The predicted molar refractivity (Wildman–Crippen MR) is 88.3 cm³/mol. The van der Waals surface area contributed by atoms with Crippen LogP contribution in [0.3, 0.4) is 0 Å². The van der Waals surface area contributed by atoms with Crippen LogP contribution in [0.2, 0.25) is 0 Å². The summed E-state index contributed by atoms with van der Waals surface area (Å²) < 4.78 is 1.72. The van der Waals surface area contributed by atoms with E-state index in [1.165, 1.54) is 0 Å². The van der Waals surface area contributed by atoms with E-state index >= 15 is 0 Å². The van der Waals surface area contributed by atoms with Crippen molar-refractivity contribution in [3.8, 4) is 0 Å². The highest BCUT2D eigenvalue weighted by molar-refractivity contribution is 6.09. The summed E-state index contributed by atoms with van der Waals surface area (Å²) in [5, 5.41) is 7.01. The zero-order valence-electron chi connectivity index (χ0n) is 14.4. The standard InChI is InChI=1S/C17H23N5O3/c1-20-10-12(9-18-20)13-5-4-8-21(13)14(23)11-22-15(24)17(19-16(22)25)6-2-3-7-17/h9-10,13H,2-8,11H2,1H3,(H,19,25). The van der Waals surface area contributed by atoms with Gasteiger partial charge in [0.05, 0.1) is 12.2 Å². The summed E-state index contributed by atoms with van der Waals surface area (Å²) in [6.45, 7) is 0.469. The van der Waals surface area contributed by atoms with E-state index in [9.17, 15) is 14.4 Å². The third kappa shape index (κ3) is 2.60. The average molecular weight is 345 g/mol. The minimum Gasteiger partial charge on any atom is -0.334 e. The van der Waals surface area contributed by atoms with Crippen LogP contribution in [0, 0.1) is 0 Å². The molecule has 3 fully saturated rings. The lowest BCUT2D eigenvalue weighted by Gasteiger charge is -2.26. The summed E-state index contributed by atoms with van der Waals surface area (Å²) in [6.07, 6.45) is 8.69. The molecule has 1 spiro atoms. The van der Waals surface area contributed by atoms with Crippen molar-refractivity contribution in [3.63, 3.8) is 0 Å². The van der Waals surface area contributed by atoms with Crippen LogP contribution in [0.1, 0.15) is 50.1 Å². The topological polar surface area (TPSA) is 87.5 Å². The van der Waals surface area contributed by atoms with Crippen LogP contribution in [0.4, 0.5) is 4.79 Å². The summed E-state index contributed by atoms with van der Waals surface area (Å²) in [5.41, 5.74) is 0.239. The number of imide groups is 1. The molecule has 1 aromatic rings. The van der Waals surface area contributed by atoms with Crippen molar-refractivity contribution in [2.45, 2.75) is 50.1 Å². The zero-order valence-corrected chi connectivity index (χ0v) is 14.4. The number of carbonyl (C=O) groups is 3. The molecule has 134 valence electrons. The van der Waals surface area contributed by atoms with E-state index in [1.54, 1.807) is 15.8 Å². The molecule has 8 heteroatoms. The Hall–Kier alpha value is -2.38. The van der Waals surface area contributed by atoms with Gasteiger partial charge in [-0.3, -0.25) is 19.2 Å². The Morgan fingerprint density at radius 3 is 2.76 bits per heavy atom. The van der Waals surface area contributed by atoms with Crippen LogP contribution in [0.5, 0.6) is 0 Å². The summed E-state index contributed by atoms with van der Waals surface area (Å²) >= 11 is 0. The third-order valence-corrected chi connectivity index (χ3v) is 5.68. The Morgan fingerprint density at radius 1 is 1.32 bits per heavy atom. The number of hydrogen-bond acceptors (Lipinski definition) is 4. The maximum absolute atomic E-state index is 12.8. The number of aromatic nitrogens is 2. The Balaban J connectivity index is 1.48. The van der Waals surface area contributed by atoms with E-state index in [0.717, 1.165) is 36.1 Å². The van der Waals surface area contributed by atoms with Crippen molar-refractivity contribution in [1.29, 1.82) is 0 Å². The molecule has 4 amide bonds.